The van der Waals surface area contributed by atoms with Crippen LogP contribution in [0.15, 0.2) is 0 Å². The van der Waals surface area contributed by atoms with Gasteiger partial charge >= 0.3 is 0 Å². The van der Waals surface area contributed by atoms with Crippen molar-refractivity contribution in [2.75, 3.05) is 5.73 Å². The minimum Gasteiger partial charge on any atom is -0.383 e. The van der Waals surface area contributed by atoms with Gasteiger partial charge in [-0.1, -0.05) is 20.3 Å². The fraction of sp³-hybridized carbons (Fsp3) is 0.600. The Labute approximate surface area is 115 Å². The van der Waals surface area contributed by atoms with Crippen molar-refractivity contribution in [1.29, 1.82) is 0 Å². The second-order valence-electron chi connectivity index (χ2n) is 5.56. The van der Waals surface area contributed by atoms with Crippen LogP contribution in [-0.4, -0.2) is 14.5 Å². The molecule has 2 aromatic rings. The van der Waals surface area contributed by atoms with Crippen LogP contribution in [0, 0.1) is 26.7 Å². The van der Waals surface area contributed by atoms with Gasteiger partial charge in [-0.3, -0.25) is 0 Å². The summed E-state index contributed by atoms with van der Waals surface area (Å²) in [5.74, 6) is 1.93. The first-order valence-corrected chi connectivity index (χ1v) is 6.99. The summed E-state index contributed by atoms with van der Waals surface area (Å²) in [6.07, 6.45) is 1.15. The molecule has 0 aliphatic heterocycles. The van der Waals surface area contributed by atoms with Crippen molar-refractivity contribution in [3.05, 3.63) is 17.1 Å². The van der Waals surface area contributed by atoms with E-state index < -0.39 is 0 Å². The minimum atomic E-state index is 0.412. The average molecular weight is 260 g/mol. The van der Waals surface area contributed by atoms with E-state index in [1.165, 1.54) is 11.3 Å². The van der Waals surface area contributed by atoms with E-state index in [1.54, 1.807) is 0 Å². The third-order valence-electron chi connectivity index (χ3n) is 4.41. The maximum absolute atomic E-state index is 6.08. The number of nitrogen functional groups attached to an aromatic ring is 1. The average Bonchev–Trinajstić information content (AvgIpc) is 2.60. The highest BCUT2D eigenvalue weighted by atomic mass is 15.1. The second-order valence-corrected chi connectivity index (χ2v) is 5.56. The van der Waals surface area contributed by atoms with Gasteiger partial charge in [0.25, 0.3) is 0 Å². The molecule has 0 aliphatic carbocycles. The van der Waals surface area contributed by atoms with Gasteiger partial charge in [0, 0.05) is 11.7 Å². The van der Waals surface area contributed by atoms with Crippen molar-refractivity contribution in [3.63, 3.8) is 0 Å². The van der Waals surface area contributed by atoms with Crippen LogP contribution >= 0.6 is 0 Å². The molecular formula is C15H24N4. The number of fused-ring (bicyclic) bond motifs is 1. The smallest absolute Gasteiger partial charge is 0.146 e. The molecule has 0 bridgehead atoms. The third kappa shape index (κ3) is 2.09. The lowest BCUT2D eigenvalue weighted by molar-refractivity contribution is 0.372. The van der Waals surface area contributed by atoms with Crippen LogP contribution in [0.1, 0.15) is 50.3 Å². The van der Waals surface area contributed by atoms with Crippen molar-refractivity contribution < 1.29 is 0 Å². The van der Waals surface area contributed by atoms with E-state index in [4.69, 9.17) is 5.73 Å². The highest BCUT2D eigenvalue weighted by Crippen LogP contribution is 2.33. The van der Waals surface area contributed by atoms with Gasteiger partial charge in [0.2, 0.25) is 0 Å². The van der Waals surface area contributed by atoms with Crippen LogP contribution in [0.3, 0.4) is 0 Å². The normalized spacial score (nSPS) is 14.8. The molecule has 2 heterocycles. The SMILES string of the molecule is CCC(C)C(C)n1c(C)c(C)c2c(N)nc(C)nc21. The van der Waals surface area contributed by atoms with E-state index in [0.29, 0.717) is 17.8 Å². The molecule has 0 saturated heterocycles. The summed E-state index contributed by atoms with van der Waals surface area (Å²) in [5, 5.41) is 1.01. The van der Waals surface area contributed by atoms with Crippen molar-refractivity contribution >= 4 is 16.9 Å². The van der Waals surface area contributed by atoms with Crippen LogP contribution < -0.4 is 5.73 Å². The Balaban J connectivity index is 2.77. The first kappa shape index (κ1) is 13.8. The summed E-state index contributed by atoms with van der Waals surface area (Å²) in [6.45, 7) is 12.9. The van der Waals surface area contributed by atoms with Crippen LogP contribution in [0.2, 0.25) is 0 Å². The Morgan fingerprint density at radius 2 is 1.79 bits per heavy atom. The van der Waals surface area contributed by atoms with Gasteiger partial charge in [-0.05, 0) is 39.2 Å². The van der Waals surface area contributed by atoms with Gasteiger partial charge in [0.05, 0.1) is 5.39 Å². The summed E-state index contributed by atoms with van der Waals surface area (Å²) in [7, 11) is 0. The Hall–Kier alpha value is -1.58. The molecular weight excluding hydrogens is 236 g/mol. The summed E-state index contributed by atoms with van der Waals surface area (Å²) < 4.78 is 2.32. The van der Waals surface area contributed by atoms with E-state index in [2.05, 4.69) is 49.2 Å². The molecule has 104 valence electrons. The molecule has 2 rings (SSSR count). The predicted octanol–water partition coefficient (Wildman–Crippen LogP) is 3.55. The quantitative estimate of drug-likeness (QED) is 0.918. The Bertz CT molecular complexity index is 612. The second kappa shape index (κ2) is 4.83. The van der Waals surface area contributed by atoms with Gasteiger partial charge in [-0.2, -0.15) is 0 Å². The number of rotatable bonds is 3. The fourth-order valence-electron chi connectivity index (χ4n) is 2.73. The summed E-state index contributed by atoms with van der Waals surface area (Å²) >= 11 is 0. The maximum atomic E-state index is 6.08. The van der Waals surface area contributed by atoms with E-state index in [9.17, 15) is 0 Å². The highest BCUT2D eigenvalue weighted by Gasteiger charge is 2.22. The number of nitrogens with zero attached hydrogens (tertiary/aromatic N) is 3. The standard InChI is InChI=1S/C15H24N4/c1-7-8(2)10(4)19-11(5)9(3)13-14(16)17-12(6)18-15(13)19/h8,10H,7H2,1-6H3,(H2,16,17,18). The molecule has 0 amide bonds. The molecule has 0 aromatic carbocycles. The zero-order valence-corrected chi connectivity index (χ0v) is 12.8. The highest BCUT2D eigenvalue weighted by molar-refractivity contribution is 5.91. The van der Waals surface area contributed by atoms with Gasteiger partial charge in [0.1, 0.15) is 17.3 Å². The van der Waals surface area contributed by atoms with Crippen molar-refractivity contribution in [3.8, 4) is 0 Å². The monoisotopic (exact) mass is 260 g/mol. The molecule has 0 saturated carbocycles. The summed E-state index contributed by atoms with van der Waals surface area (Å²) in [4.78, 5) is 8.92. The van der Waals surface area contributed by atoms with Gasteiger partial charge in [-0.25, -0.2) is 9.97 Å². The van der Waals surface area contributed by atoms with E-state index in [1.807, 2.05) is 6.92 Å². The minimum absolute atomic E-state index is 0.412. The zero-order chi connectivity index (χ0) is 14.3. The van der Waals surface area contributed by atoms with Crippen LogP contribution in [0.4, 0.5) is 5.82 Å². The van der Waals surface area contributed by atoms with Crippen LogP contribution in [0.25, 0.3) is 11.0 Å². The Morgan fingerprint density at radius 3 is 2.37 bits per heavy atom. The van der Waals surface area contributed by atoms with Crippen molar-refractivity contribution in [1.82, 2.24) is 14.5 Å². The molecule has 19 heavy (non-hydrogen) atoms. The molecule has 0 spiro atoms. The molecule has 2 unspecified atom stereocenters. The lowest BCUT2D eigenvalue weighted by Gasteiger charge is -2.23. The topological polar surface area (TPSA) is 56.7 Å². The number of aromatic nitrogens is 3. The van der Waals surface area contributed by atoms with Crippen LogP contribution in [0.5, 0.6) is 0 Å². The molecule has 0 radical (unpaired) electrons. The fourth-order valence-corrected chi connectivity index (χ4v) is 2.73. The van der Waals surface area contributed by atoms with Crippen molar-refractivity contribution in [2.45, 2.75) is 54.0 Å². The van der Waals surface area contributed by atoms with E-state index in [0.717, 1.165) is 23.3 Å². The van der Waals surface area contributed by atoms with Gasteiger partial charge in [0.15, 0.2) is 0 Å². The zero-order valence-electron chi connectivity index (χ0n) is 12.8. The number of hydrogen-bond donors (Lipinski definition) is 1. The summed E-state index contributed by atoms with van der Waals surface area (Å²) in [6, 6.07) is 0.412. The van der Waals surface area contributed by atoms with Crippen LogP contribution in [-0.2, 0) is 0 Å². The first-order chi connectivity index (χ1) is 8.88. The lowest BCUT2D eigenvalue weighted by Crippen LogP contribution is -2.15. The van der Waals surface area contributed by atoms with Gasteiger partial charge < -0.3 is 10.3 Å². The number of hydrogen-bond acceptors (Lipinski definition) is 3. The number of anilines is 1. The molecule has 2 N–H and O–H groups in total. The lowest BCUT2D eigenvalue weighted by atomic mass is 10.0. The third-order valence-corrected chi connectivity index (χ3v) is 4.41. The molecule has 0 fully saturated rings. The Morgan fingerprint density at radius 1 is 1.16 bits per heavy atom. The predicted molar refractivity (Wildman–Crippen MR) is 80.3 cm³/mol. The van der Waals surface area contributed by atoms with Crippen molar-refractivity contribution in [2.24, 2.45) is 5.92 Å². The molecule has 2 aromatic heterocycles. The first-order valence-electron chi connectivity index (χ1n) is 6.99. The molecule has 4 heteroatoms. The molecule has 0 aliphatic rings. The van der Waals surface area contributed by atoms with Gasteiger partial charge in [-0.15, -0.1) is 0 Å². The Kier molecular flexibility index (Phi) is 3.52. The largest absolute Gasteiger partial charge is 0.383 e. The number of aryl methyl sites for hydroxylation is 2. The molecule has 4 nitrogen and oxygen atoms in total. The summed E-state index contributed by atoms with van der Waals surface area (Å²) in [5.41, 5.74) is 9.51. The van der Waals surface area contributed by atoms with E-state index >= 15 is 0 Å². The van der Waals surface area contributed by atoms with E-state index in [-0.39, 0.29) is 0 Å². The number of nitrogens with two attached hydrogens (primary N) is 1. The maximum Gasteiger partial charge on any atom is 0.146 e. The molecule has 2 atom stereocenters.